The topological polar surface area (TPSA) is 52.0 Å². The Morgan fingerprint density at radius 2 is 0.700 bits per heavy atom. The molecule has 4 aromatic rings. The summed E-state index contributed by atoms with van der Waals surface area (Å²) < 4.78 is 0. The van der Waals surface area contributed by atoms with Crippen molar-refractivity contribution >= 4 is 11.4 Å². The van der Waals surface area contributed by atoms with Crippen LogP contribution in [0.4, 0.5) is 11.4 Å². The highest BCUT2D eigenvalue weighted by Crippen LogP contribution is 2.48. The van der Waals surface area contributed by atoms with Crippen LogP contribution in [0.2, 0.25) is 0 Å². The Hall–Kier alpha value is -3.52. The first kappa shape index (κ1) is 47.5. The fourth-order valence-electron chi connectivity index (χ4n) is 10.6. The second kappa shape index (κ2) is 26.7. The van der Waals surface area contributed by atoms with Gasteiger partial charge in [-0.15, -0.1) is 0 Å². The lowest BCUT2D eigenvalue weighted by Gasteiger charge is -2.42. The summed E-state index contributed by atoms with van der Waals surface area (Å²) in [5.41, 5.74) is 22.8. The first-order chi connectivity index (χ1) is 29.5. The number of hydrogen-bond donors (Lipinski definition) is 2. The fraction of sp³-hybridized carbons (Fsp3) is 0.586. The molecule has 60 heavy (non-hydrogen) atoms. The van der Waals surface area contributed by atoms with Crippen molar-refractivity contribution in [1.82, 2.24) is 0 Å². The van der Waals surface area contributed by atoms with Crippen molar-refractivity contribution < 1.29 is 0 Å². The van der Waals surface area contributed by atoms with E-state index in [0.29, 0.717) is 11.8 Å². The van der Waals surface area contributed by atoms with Crippen molar-refractivity contribution in [2.45, 2.75) is 211 Å². The first-order valence-electron chi connectivity index (χ1n) is 25.4. The van der Waals surface area contributed by atoms with Crippen molar-refractivity contribution in [3.63, 3.8) is 0 Å². The van der Waals surface area contributed by atoms with E-state index in [4.69, 9.17) is 11.5 Å². The SMILES string of the molecule is CCCCCCCCCC(c1ccc(N)cc1)c1ccc(C2(c3ccc(C(CCCCCCCCC)c4ccc(N)cc4)cc3)CCC(CCCCCCCC)CC2)cc1. The van der Waals surface area contributed by atoms with Crippen molar-refractivity contribution in [3.8, 4) is 0 Å². The van der Waals surface area contributed by atoms with E-state index in [0.717, 1.165) is 17.3 Å². The minimum absolute atomic E-state index is 0.0546. The first-order valence-corrected chi connectivity index (χ1v) is 25.4. The number of anilines is 2. The molecular formula is C58H86N2. The van der Waals surface area contributed by atoms with Gasteiger partial charge in [-0.3, -0.25) is 0 Å². The van der Waals surface area contributed by atoms with Gasteiger partial charge in [0, 0.05) is 28.6 Å². The average Bonchev–Trinajstić information content (AvgIpc) is 3.28. The van der Waals surface area contributed by atoms with E-state index in [2.05, 4.69) is 118 Å². The molecule has 1 saturated carbocycles. The Balaban J connectivity index is 1.37. The predicted octanol–water partition coefficient (Wildman–Crippen LogP) is 17.6. The van der Waals surface area contributed by atoms with E-state index in [9.17, 15) is 0 Å². The van der Waals surface area contributed by atoms with Gasteiger partial charge in [-0.2, -0.15) is 0 Å². The third-order valence-electron chi connectivity index (χ3n) is 14.5. The summed E-state index contributed by atoms with van der Waals surface area (Å²) in [5.74, 6) is 1.66. The third-order valence-corrected chi connectivity index (χ3v) is 14.5. The van der Waals surface area contributed by atoms with Crippen LogP contribution >= 0.6 is 0 Å². The molecule has 0 aliphatic heterocycles. The Labute approximate surface area is 369 Å². The standard InChI is InChI=1S/C58H86N2/c1-4-7-10-13-16-19-22-25-56(50-31-39-54(59)40-32-50)48-27-35-52(36-28-48)58(45-43-47(44-46-58)24-21-18-15-12-9-6-3)53-37-29-49(30-38-53)57(51-33-41-55(60)42-34-51)26-23-20-17-14-11-8-5-2/h27-42,47,56-57H,4-26,43-46,59-60H2,1-3H3. The number of unbranched alkanes of at least 4 members (excludes halogenated alkanes) is 17. The molecule has 0 saturated heterocycles. The maximum Gasteiger partial charge on any atom is 0.0314 e. The highest BCUT2D eigenvalue weighted by atomic mass is 14.5. The van der Waals surface area contributed by atoms with Crippen LogP contribution in [0.25, 0.3) is 0 Å². The number of benzene rings is 4. The Bertz CT molecular complexity index is 1570. The van der Waals surface area contributed by atoms with Gasteiger partial charge < -0.3 is 11.5 Å². The van der Waals surface area contributed by atoms with Gasteiger partial charge in [-0.05, 0) is 102 Å². The normalized spacial score (nSPS) is 17.8. The average molecular weight is 811 g/mol. The molecule has 1 fully saturated rings. The molecule has 0 spiro atoms. The van der Waals surface area contributed by atoms with Gasteiger partial charge in [0.15, 0.2) is 0 Å². The van der Waals surface area contributed by atoms with E-state index < -0.39 is 0 Å². The van der Waals surface area contributed by atoms with E-state index in [1.165, 1.54) is 207 Å². The Morgan fingerprint density at radius 3 is 1.05 bits per heavy atom. The second-order valence-corrected chi connectivity index (χ2v) is 19.1. The molecule has 0 bridgehead atoms. The fourth-order valence-corrected chi connectivity index (χ4v) is 10.6. The van der Waals surface area contributed by atoms with Gasteiger partial charge in [0.25, 0.3) is 0 Å². The predicted molar refractivity (Wildman–Crippen MR) is 264 cm³/mol. The molecule has 2 unspecified atom stereocenters. The molecule has 2 nitrogen and oxygen atoms in total. The Morgan fingerprint density at radius 1 is 0.400 bits per heavy atom. The molecule has 5 rings (SSSR count). The molecule has 2 heteroatoms. The van der Waals surface area contributed by atoms with Gasteiger partial charge in [-0.1, -0.05) is 228 Å². The largest absolute Gasteiger partial charge is 0.399 e. The quantitative estimate of drug-likeness (QED) is 0.0424. The van der Waals surface area contributed by atoms with Gasteiger partial charge in [0.1, 0.15) is 0 Å². The number of rotatable bonds is 29. The smallest absolute Gasteiger partial charge is 0.0314 e. The second-order valence-electron chi connectivity index (χ2n) is 19.1. The zero-order chi connectivity index (χ0) is 42.3. The van der Waals surface area contributed by atoms with E-state index >= 15 is 0 Å². The van der Waals surface area contributed by atoms with Crippen molar-refractivity contribution in [3.05, 3.63) is 130 Å². The minimum Gasteiger partial charge on any atom is -0.399 e. The van der Waals surface area contributed by atoms with Gasteiger partial charge in [0.2, 0.25) is 0 Å². The monoisotopic (exact) mass is 811 g/mol. The molecule has 4 aromatic carbocycles. The van der Waals surface area contributed by atoms with Crippen LogP contribution in [0.15, 0.2) is 97.1 Å². The summed E-state index contributed by atoms with van der Waals surface area (Å²) >= 11 is 0. The molecule has 0 heterocycles. The number of nitrogens with two attached hydrogens (primary N) is 2. The molecule has 0 aromatic heterocycles. The molecule has 2 atom stereocenters. The maximum absolute atomic E-state index is 6.18. The van der Waals surface area contributed by atoms with Crippen LogP contribution in [0.1, 0.15) is 239 Å². The van der Waals surface area contributed by atoms with Gasteiger partial charge in [-0.25, -0.2) is 0 Å². The van der Waals surface area contributed by atoms with Crippen LogP contribution in [0.3, 0.4) is 0 Å². The zero-order valence-corrected chi connectivity index (χ0v) is 38.7. The minimum atomic E-state index is 0.0546. The van der Waals surface area contributed by atoms with Crippen LogP contribution in [-0.4, -0.2) is 0 Å². The molecule has 328 valence electrons. The summed E-state index contributed by atoms with van der Waals surface area (Å²) in [4.78, 5) is 0. The zero-order valence-electron chi connectivity index (χ0n) is 38.7. The molecule has 1 aliphatic carbocycles. The van der Waals surface area contributed by atoms with Crippen LogP contribution < -0.4 is 11.5 Å². The van der Waals surface area contributed by atoms with Crippen LogP contribution in [0, 0.1) is 5.92 Å². The van der Waals surface area contributed by atoms with Crippen LogP contribution in [0.5, 0.6) is 0 Å². The highest BCUT2D eigenvalue weighted by molar-refractivity contribution is 5.47. The van der Waals surface area contributed by atoms with Crippen molar-refractivity contribution in [1.29, 1.82) is 0 Å². The molecular weight excluding hydrogens is 725 g/mol. The number of hydrogen-bond acceptors (Lipinski definition) is 2. The molecule has 0 amide bonds. The lowest BCUT2D eigenvalue weighted by molar-refractivity contribution is 0.250. The number of nitrogen functional groups attached to an aromatic ring is 2. The van der Waals surface area contributed by atoms with E-state index in [-0.39, 0.29) is 5.41 Å². The molecule has 0 radical (unpaired) electrons. The van der Waals surface area contributed by atoms with E-state index in [1.54, 1.807) is 0 Å². The Kier molecular flexibility index (Phi) is 21.2. The van der Waals surface area contributed by atoms with Gasteiger partial charge in [0.05, 0.1) is 0 Å². The summed E-state index contributed by atoms with van der Waals surface area (Å²) in [6.07, 6.45) is 36.1. The molecule has 4 N–H and O–H groups in total. The van der Waals surface area contributed by atoms with E-state index in [1.807, 2.05) is 0 Å². The summed E-state index contributed by atoms with van der Waals surface area (Å²) in [6, 6.07) is 37.6. The van der Waals surface area contributed by atoms with Crippen LogP contribution in [-0.2, 0) is 5.41 Å². The summed E-state index contributed by atoms with van der Waals surface area (Å²) in [5, 5.41) is 0. The third kappa shape index (κ3) is 14.8. The van der Waals surface area contributed by atoms with Crippen molar-refractivity contribution in [2.24, 2.45) is 5.92 Å². The highest BCUT2D eigenvalue weighted by Gasteiger charge is 2.38. The van der Waals surface area contributed by atoms with Crippen molar-refractivity contribution in [2.75, 3.05) is 11.5 Å². The molecule has 1 aliphatic rings. The summed E-state index contributed by atoms with van der Waals surface area (Å²) in [7, 11) is 0. The lowest BCUT2D eigenvalue weighted by atomic mass is 9.62. The maximum atomic E-state index is 6.18. The lowest BCUT2D eigenvalue weighted by Crippen LogP contribution is -2.33. The summed E-state index contributed by atoms with van der Waals surface area (Å²) in [6.45, 7) is 6.93. The van der Waals surface area contributed by atoms with Gasteiger partial charge >= 0.3 is 0 Å².